The molecular formula is C23H25ClN4O3S. The molecule has 0 aliphatic carbocycles. The molecule has 0 saturated carbocycles. The molecule has 0 bridgehead atoms. The lowest BCUT2D eigenvalue weighted by atomic mass is 10.1. The first-order chi connectivity index (χ1) is 15.3. The number of carbonyl (C=O) groups is 1. The van der Waals surface area contributed by atoms with E-state index in [9.17, 15) is 13.2 Å². The second-order valence-electron chi connectivity index (χ2n) is 7.33. The van der Waals surface area contributed by atoms with Gasteiger partial charge in [-0.25, -0.2) is 23.1 Å². The number of rotatable bonds is 9. The molecule has 32 heavy (non-hydrogen) atoms. The van der Waals surface area contributed by atoms with Crippen LogP contribution < -0.4 is 9.62 Å². The third-order valence-electron chi connectivity index (χ3n) is 4.86. The molecule has 168 valence electrons. The van der Waals surface area contributed by atoms with Gasteiger partial charge in [-0.15, -0.1) is 0 Å². The van der Waals surface area contributed by atoms with Crippen LogP contribution in [-0.4, -0.2) is 37.9 Å². The highest BCUT2D eigenvalue weighted by Gasteiger charge is 2.22. The van der Waals surface area contributed by atoms with Crippen molar-refractivity contribution in [1.29, 1.82) is 0 Å². The van der Waals surface area contributed by atoms with E-state index in [2.05, 4.69) is 26.8 Å². The standard InChI is InChI=1S/C23H25ClN4O3S/c1-3-7-21-20(22(29)27-32(30,31)19-12-10-18(24)11-13-19)16-25-23(26-21)28(2)15-14-17-8-5-4-6-9-17/h4-6,8-13,16H,3,7,14-15H2,1-2H3,(H,27,29). The number of carbonyl (C=O) groups excluding carboxylic acids is 1. The second-order valence-corrected chi connectivity index (χ2v) is 9.44. The molecule has 0 unspecified atom stereocenters. The van der Waals surface area contributed by atoms with Crippen LogP contribution >= 0.6 is 11.6 Å². The number of likely N-dealkylation sites (N-methyl/N-ethyl adjacent to an activating group) is 1. The van der Waals surface area contributed by atoms with Crippen LogP contribution in [-0.2, 0) is 22.9 Å². The summed E-state index contributed by atoms with van der Waals surface area (Å²) in [6.45, 7) is 2.67. The van der Waals surface area contributed by atoms with Crippen LogP contribution in [0.15, 0.2) is 65.7 Å². The fourth-order valence-electron chi connectivity index (χ4n) is 3.10. The quantitative estimate of drug-likeness (QED) is 0.508. The minimum absolute atomic E-state index is 0.0505. The Bertz CT molecular complexity index is 1170. The van der Waals surface area contributed by atoms with E-state index in [1.165, 1.54) is 36.0 Å². The highest BCUT2D eigenvalue weighted by molar-refractivity contribution is 7.90. The zero-order chi connectivity index (χ0) is 23.1. The lowest BCUT2D eigenvalue weighted by Crippen LogP contribution is -2.32. The highest BCUT2D eigenvalue weighted by Crippen LogP contribution is 2.17. The van der Waals surface area contributed by atoms with Gasteiger partial charge >= 0.3 is 0 Å². The first-order valence-corrected chi connectivity index (χ1v) is 12.1. The molecule has 0 atom stereocenters. The van der Waals surface area contributed by atoms with Crippen molar-refractivity contribution >= 4 is 33.5 Å². The number of amides is 1. The van der Waals surface area contributed by atoms with Gasteiger partial charge in [0.1, 0.15) is 0 Å². The van der Waals surface area contributed by atoms with Gasteiger partial charge in [0.25, 0.3) is 15.9 Å². The smallest absolute Gasteiger partial charge is 0.268 e. The van der Waals surface area contributed by atoms with Crippen molar-refractivity contribution < 1.29 is 13.2 Å². The Balaban J connectivity index is 1.77. The van der Waals surface area contributed by atoms with Crippen LogP contribution in [0.4, 0.5) is 5.95 Å². The number of hydrogen-bond acceptors (Lipinski definition) is 6. The molecule has 0 aliphatic heterocycles. The summed E-state index contributed by atoms with van der Waals surface area (Å²) in [5, 5.41) is 0.404. The van der Waals surface area contributed by atoms with E-state index in [1.54, 1.807) is 0 Å². The molecule has 1 N–H and O–H groups in total. The Hall–Kier alpha value is -2.97. The molecule has 7 nitrogen and oxygen atoms in total. The number of halogens is 1. The van der Waals surface area contributed by atoms with E-state index in [1.807, 2.05) is 37.1 Å². The fraction of sp³-hybridized carbons (Fsp3) is 0.261. The van der Waals surface area contributed by atoms with Crippen molar-refractivity contribution in [2.75, 3.05) is 18.5 Å². The molecular weight excluding hydrogens is 448 g/mol. The van der Waals surface area contributed by atoms with Crippen molar-refractivity contribution in [3.63, 3.8) is 0 Å². The minimum atomic E-state index is -4.05. The summed E-state index contributed by atoms with van der Waals surface area (Å²) < 4.78 is 27.2. The summed E-state index contributed by atoms with van der Waals surface area (Å²) in [6, 6.07) is 15.7. The lowest BCUT2D eigenvalue weighted by Gasteiger charge is -2.19. The summed E-state index contributed by atoms with van der Waals surface area (Å²) in [6.07, 6.45) is 3.48. The number of benzene rings is 2. The Morgan fingerprint density at radius 1 is 1.06 bits per heavy atom. The number of nitrogens with one attached hydrogen (secondary N) is 1. The second kappa shape index (κ2) is 10.6. The van der Waals surface area contributed by atoms with Gasteiger partial charge < -0.3 is 4.90 Å². The van der Waals surface area contributed by atoms with E-state index in [0.29, 0.717) is 29.6 Å². The van der Waals surface area contributed by atoms with Gasteiger partial charge in [0.05, 0.1) is 16.2 Å². The van der Waals surface area contributed by atoms with Crippen LogP contribution in [0.3, 0.4) is 0 Å². The van der Waals surface area contributed by atoms with E-state index in [0.717, 1.165) is 12.8 Å². The SMILES string of the molecule is CCCc1nc(N(C)CCc2ccccc2)ncc1C(=O)NS(=O)(=O)c1ccc(Cl)cc1. The van der Waals surface area contributed by atoms with E-state index in [-0.39, 0.29) is 10.5 Å². The van der Waals surface area contributed by atoms with Crippen LogP contribution in [0.5, 0.6) is 0 Å². The molecule has 1 aromatic heterocycles. The van der Waals surface area contributed by atoms with Crippen molar-refractivity contribution in [3.8, 4) is 0 Å². The van der Waals surface area contributed by atoms with Gasteiger partial charge in [0.15, 0.2) is 0 Å². The summed E-state index contributed by atoms with van der Waals surface area (Å²) in [5.41, 5.74) is 1.86. The van der Waals surface area contributed by atoms with Gasteiger partial charge in [0.2, 0.25) is 5.95 Å². The number of aryl methyl sites for hydroxylation is 1. The predicted octanol–water partition coefficient (Wildman–Crippen LogP) is 3.88. The molecule has 9 heteroatoms. The Morgan fingerprint density at radius 2 is 1.75 bits per heavy atom. The average molecular weight is 473 g/mol. The summed E-state index contributed by atoms with van der Waals surface area (Å²) in [4.78, 5) is 23.5. The Kier molecular flexibility index (Phi) is 7.82. The Labute approximate surface area is 193 Å². The third-order valence-corrected chi connectivity index (χ3v) is 6.46. The molecule has 0 fully saturated rings. The van der Waals surface area contributed by atoms with Gasteiger partial charge in [-0.1, -0.05) is 55.3 Å². The molecule has 3 rings (SSSR count). The predicted molar refractivity (Wildman–Crippen MR) is 126 cm³/mol. The summed E-state index contributed by atoms with van der Waals surface area (Å²) in [7, 11) is -2.16. The van der Waals surface area contributed by atoms with E-state index in [4.69, 9.17) is 11.6 Å². The van der Waals surface area contributed by atoms with E-state index >= 15 is 0 Å². The molecule has 0 saturated heterocycles. The highest BCUT2D eigenvalue weighted by atomic mass is 35.5. The summed E-state index contributed by atoms with van der Waals surface area (Å²) >= 11 is 5.81. The van der Waals surface area contributed by atoms with Gasteiger partial charge in [-0.05, 0) is 42.7 Å². The van der Waals surface area contributed by atoms with Crippen LogP contribution in [0, 0.1) is 0 Å². The normalized spacial score (nSPS) is 11.2. The Morgan fingerprint density at radius 3 is 2.41 bits per heavy atom. The largest absolute Gasteiger partial charge is 0.344 e. The van der Waals surface area contributed by atoms with Crippen molar-refractivity contribution in [2.24, 2.45) is 0 Å². The monoisotopic (exact) mass is 472 g/mol. The number of hydrogen-bond donors (Lipinski definition) is 1. The summed E-state index contributed by atoms with van der Waals surface area (Å²) in [5.74, 6) is -0.275. The van der Waals surface area contributed by atoms with Crippen molar-refractivity contribution in [3.05, 3.63) is 82.6 Å². The average Bonchev–Trinajstić information content (AvgIpc) is 2.78. The van der Waals surface area contributed by atoms with Crippen molar-refractivity contribution in [2.45, 2.75) is 31.1 Å². The number of anilines is 1. The van der Waals surface area contributed by atoms with Gasteiger partial charge in [-0.2, -0.15) is 0 Å². The number of aromatic nitrogens is 2. The number of sulfonamides is 1. The molecule has 1 amide bonds. The van der Waals surface area contributed by atoms with Crippen molar-refractivity contribution in [1.82, 2.24) is 14.7 Å². The van der Waals surface area contributed by atoms with Gasteiger partial charge in [-0.3, -0.25) is 4.79 Å². The lowest BCUT2D eigenvalue weighted by molar-refractivity contribution is 0.0979. The molecule has 1 heterocycles. The fourth-order valence-corrected chi connectivity index (χ4v) is 4.19. The minimum Gasteiger partial charge on any atom is -0.344 e. The topological polar surface area (TPSA) is 92.3 Å². The maximum Gasteiger partial charge on any atom is 0.268 e. The van der Waals surface area contributed by atoms with Crippen LogP contribution in [0.1, 0.15) is 35.0 Å². The first kappa shape index (κ1) is 23.7. The number of nitrogens with zero attached hydrogens (tertiary/aromatic N) is 3. The maximum atomic E-state index is 12.8. The zero-order valence-electron chi connectivity index (χ0n) is 18.0. The molecule has 0 aliphatic rings. The van der Waals surface area contributed by atoms with Crippen LogP contribution in [0.2, 0.25) is 5.02 Å². The zero-order valence-corrected chi connectivity index (χ0v) is 19.5. The molecule has 2 aromatic carbocycles. The third kappa shape index (κ3) is 6.05. The van der Waals surface area contributed by atoms with Crippen LogP contribution in [0.25, 0.3) is 0 Å². The van der Waals surface area contributed by atoms with E-state index < -0.39 is 15.9 Å². The maximum absolute atomic E-state index is 12.8. The van der Waals surface area contributed by atoms with Gasteiger partial charge in [0, 0.05) is 24.8 Å². The molecule has 3 aromatic rings. The molecule has 0 radical (unpaired) electrons. The first-order valence-electron chi connectivity index (χ1n) is 10.2. The molecule has 0 spiro atoms.